The molecule has 0 fully saturated rings. The maximum atomic E-state index is 13.3. The summed E-state index contributed by atoms with van der Waals surface area (Å²) in [6.45, 7) is 3.78. The highest BCUT2D eigenvalue weighted by atomic mass is 19.1. The number of hydrogen-bond donors (Lipinski definition) is 1. The van der Waals surface area contributed by atoms with Crippen LogP contribution in [0.1, 0.15) is 59.5 Å². The number of hydrogen-bond acceptors (Lipinski definition) is 3. The third kappa shape index (κ3) is 3.31. The Morgan fingerprint density at radius 2 is 1.92 bits per heavy atom. The number of nitrogens with one attached hydrogen (secondary N) is 1. The predicted molar refractivity (Wildman–Crippen MR) is 96.5 cm³/mol. The molecule has 0 bridgehead atoms. The van der Waals surface area contributed by atoms with Crippen LogP contribution in [0.5, 0.6) is 0 Å². The van der Waals surface area contributed by atoms with E-state index >= 15 is 0 Å². The minimum absolute atomic E-state index is 0.0661. The number of ketones is 1. The molecular weight excluding hydrogens is 335 g/mol. The summed E-state index contributed by atoms with van der Waals surface area (Å²) >= 11 is 0. The van der Waals surface area contributed by atoms with Crippen LogP contribution in [0.25, 0.3) is 5.69 Å². The van der Waals surface area contributed by atoms with Gasteiger partial charge < -0.3 is 5.32 Å². The fourth-order valence-electron chi connectivity index (χ4n) is 3.12. The molecule has 6 heteroatoms. The van der Waals surface area contributed by atoms with Crippen LogP contribution in [0, 0.1) is 5.82 Å². The molecule has 0 spiro atoms. The maximum absolute atomic E-state index is 13.3. The van der Waals surface area contributed by atoms with E-state index in [1.165, 1.54) is 34.9 Å². The van der Waals surface area contributed by atoms with Crippen LogP contribution in [0.4, 0.5) is 4.39 Å². The van der Waals surface area contributed by atoms with Crippen LogP contribution in [-0.4, -0.2) is 22.3 Å². The second-order valence-corrected chi connectivity index (χ2v) is 6.59. The normalized spacial score (nSPS) is 14.7. The van der Waals surface area contributed by atoms with Gasteiger partial charge in [0.05, 0.1) is 0 Å². The van der Waals surface area contributed by atoms with Crippen molar-refractivity contribution in [2.75, 3.05) is 0 Å². The van der Waals surface area contributed by atoms with Gasteiger partial charge in [-0.15, -0.1) is 0 Å². The lowest BCUT2D eigenvalue weighted by atomic mass is 9.92. The Morgan fingerprint density at radius 1 is 1.23 bits per heavy atom. The minimum Gasteiger partial charge on any atom is -0.349 e. The Labute approximate surface area is 150 Å². The third-order valence-electron chi connectivity index (χ3n) is 4.74. The summed E-state index contributed by atoms with van der Waals surface area (Å²) in [5.41, 5.74) is 0.863. The first-order valence-electron chi connectivity index (χ1n) is 8.81. The molecule has 1 heterocycles. The van der Waals surface area contributed by atoms with Gasteiger partial charge in [-0.1, -0.05) is 6.92 Å². The van der Waals surface area contributed by atoms with Crippen LogP contribution in [0.3, 0.4) is 0 Å². The molecule has 1 N–H and O–H groups in total. The highest BCUT2D eigenvalue weighted by molar-refractivity contribution is 6.02. The molecule has 1 aliphatic rings. The summed E-state index contributed by atoms with van der Waals surface area (Å²) in [5.74, 6) is -1.00. The molecule has 5 nitrogen and oxygen atoms in total. The first-order chi connectivity index (χ1) is 12.4. The molecule has 1 amide bonds. The number of aromatic nitrogens is 1. The lowest BCUT2D eigenvalue weighted by Gasteiger charge is -2.22. The van der Waals surface area contributed by atoms with Gasteiger partial charge in [0.15, 0.2) is 5.78 Å². The van der Waals surface area contributed by atoms with E-state index in [2.05, 4.69) is 5.32 Å². The summed E-state index contributed by atoms with van der Waals surface area (Å²) in [6.07, 6.45) is 2.31. The van der Waals surface area contributed by atoms with Crippen molar-refractivity contribution in [1.82, 2.24) is 9.88 Å². The molecule has 0 radical (unpaired) electrons. The molecule has 2 aromatic rings. The zero-order valence-corrected chi connectivity index (χ0v) is 14.8. The molecule has 1 aromatic carbocycles. The second-order valence-electron chi connectivity index (χ2n) is 6.59. The van der Waals surface area contributed by atoms with E-state index < -0.39 is 17.3 Å². The third-order valence-corrected chi connectivity index (χ3v) is 4.74. The van der Waals surface area contributed by atoms with Crippen LogP contribution in [0.15, 0.2) is 35.1 Å². The summed E-state index contributed by atoms with van der Waals surface area (Å²) in [4.78, 5) is 38.0. The van der Waals surface area contributed by atoms with Gasteiger partial charge in [-0.3, -0.25) is 19.0 Å². The predicted octanol–water partition coefficient (Wildman–Crippen LogP) is 3.02. The van der Waals surface area contributed by atoms with Crippen molar-refractivity contribution in [1.29, 1.82) is 0 Å². The van der Waals surface area contributed by atoms with Gasteiger partial charge in [-0.05, 0) is 56.5 Å². The number of carbonyl (C=O) groups excluding carboxylic acids is 2. The lowest BCUT2D eigenvalue weighted by Crippen LogP contribution is -2.39. The molecule has 1 unspecified atom stereocenters. The van der Waals surface area contributed by atoms with Crippen molar-refractivity contribution >= 4 is 11.7 Å². The van der Waals surface area contributed by atoms with Gasteiger partial charge in [0.1, 0.15) is 11.4 Å². The average Bonchev–Trinajstić information content (AvgIpc) is 2.62. The van der Waals surface area contributed by atoms with Crippen molar-refractivity contribution in [3.05, 3.63) is 63.3 Å². The largest absolute Gasteiger partial charge is 0.349 e. The highest BCUT2D eigenvalue weighted by Gasteiger charge is 2.26. The van der Waals surface area contributed by atoms with Crippen molar-refractivity contribution in [3.8, 4) is 5.69 Å². The van der Waals surface area contributed by atoms with Gasteiger partial charge in [0.25, 0.3) is 11.5 Å². The van der Waals surface area contributed by atoms with E-state index in [0.29, 0.717) is 36.2 Å². The Morgan fingerprint density at radius 3 is 2.58 bits per heavy atom. The Kier molecular flexibility index (Phi) is 5.02. The monoisotopic (exact) mass is 356 g/mol. The number of rotatable bonds is 4. The van der Waals surface area contributed by atoms with E-state index in [1.54, 1.807) is 0 Å². The average molecular weight is 356 g/mol. The lowest BCUT2D eigenvalue weighted by molar-refractivity contribution is 0.0937. The Bertz CT molecular complexity index is 916. The van der Waals surface area contributed by atoms with Gasteiger partial charge in [0.2, 0.25) is 0 Å². The molecule has 26 heavy (non-hydrogen) atoms. The number of halogens is 1. The van der Waals surface area contributed by atoms with Crippen LogP contribution in [0.2, 0.25) is 0 Å². The number of Topliss-reactive ketones (excluding diaryl/α,β-unsaturated/α-hetero) is 1. The number of fused-ring (bicyclic) bond motifs is 1. The number of amides is 1. The molecule has 0 saturated carbocycles. The quantitative estimate of drug-likeness (QED) is 0.916. The zero-order valence-electron chi connectivity index (χ0n) is 14.8. The second kappa shape index (κ2) is 7.23. The fourth-order valence-corrected chi connectivity index (χ4v) is 3.12. The van der Waals surface area contributed by atoms with Gasteiger partial charge >= 0.3 is 0 Å². The van der Waals surface area contributed by atoms with Gasteiger partial charge in [-0.25, -0.2) is 4.39 Å². The Balaban J connectivity index is 2.21. The standard InChI is InChI=1S/C20H21FN2O3/c1-3-12(2)22-19(25)16-11-15-17(5-4-6-18(15)24)23(20(16)26)14-9-7-13(21)8-10-14/h7-12H,3-6H2,1-2H3,(H,22,25). The van der Waals surface area contributed by atoms with E-state index in [1.807, 2.05) is 13.8 Å². The van der Waals surface area contributed by atoms with E-state index in [4.69, 9.17) is 0 Å². The topological polar surface area (TPSA) is 68.2 Å². The molecule has 136 valence electrons. The molecule has 0 saturated heterocycles. The SMILES string of the molecule is CCC(C)NC(=O)c1cc2c(n(-c3ccc(F)cc3)c1=O)CCCC2=O. The van der Waals surface area contributed by atoms with E-state index in [9.17, 15) is 18.8 Å². The number of benzene rings is 1. The first kappa shape index (κ1) is 18.0. The molecule has 1 aromatic heterocycles. The minimum atomic E-state index is -0.499. The maximum Gasteiger partial charge on any atom is 0.268 e. The summed E-state index contributed by atoms with van der Waals surface area (Å²) in [6, 6.07) is 6.79. The van der Waals surface area contributed by atoms with Gasteiger partial charge in [0, 0.05) is 29.4 Å². The summed E-state index contributed by atoms with van der Waals surface area (Å²) in [7, 11) is 0. The van der Waals surface area contributed by atoms with E-state index in [-0.39, 0.29) is 17.4 Å². The van der Waals surface area contributed by atoms with Crippen LogP contribution < -0.4 is 10.9 Å². The summed E-state index contributed by atoms with van der Waals surface area (Å²) < 4.78 is 14.7. The smallest absolute Gasteiger partial charge is 0.268 e. The highest BCUT2D eigenvalue weighted by Crippen LogP contribution is 2.23. The van der Waals surface area contributed by atoms with E-state index in [0.717, 1.165) is 6.42 Å². The zero-order chi connectivity index (χ0) is 18.8. The molecule has 3 rings (SSSR count). The fraction of sp³-hybridized carbons (Fsp3) is 0.350. The molecular formula is C20H21FN2O3. The van der Waals surface area contributed by atoms with Gasteiger partial charge in [-0.2, -0.15) is 0 Å². The number of pyridine rings is 1. The molecule has 0 aliphatic heterocycles. The van der Waals surface area contributed by atoms with Crippen molar-refractivity contribution < 1.29 is 14.0 Å². The van der Waals surface area contributed by atoms with Crippen molar-refractivity contribution in [2.45, 2.75) is 45.6 Å². The Hall–Kier alpha value is -2.76. The number of carbonyl (C=O) groups is 2. The summed E-state index contributed by atoms with van der Waals surface area (Å²) in [5, 5.41) is 2.77. The van der Waals surface area contributed by atoms with Crippen LogP contribution >= 0.6 is 0 Å². The molecule has 1 aliphatic carbocycles. The molecule has 1 atom stereocenters. The number of nitrogens with zero attached hydrogens (tertiary/aromatic N) is 1. The van der Waals surface area contributed by atoms with Crippen molar-refractivity contribution in [2.24, 2.45) is 0 Å². The van der Waals surface area contributed by atoms with Crippen LogP contribution in [-0.2, 0) is 6.42 Å². The van der Waals surface area contributed by atoms with Crippen molar-refractivity contribution in [3.63, 3.8) is 0 Å². The first-order valence-corrected chi connectivity index (χ1v) is 8.81.